The van der Waals surface area contributed by atoms with E-state index < -0.39 is 16.4 Å². The molecule has 1 aliphatic heterocycles. The first-order valence-corrected chi connectivity index (χ1v) is 20.5. The molecule has 6 nitrogen and oxygen atoms in total. The number of fused-ring (bicyclic) bond motifs is 2. The van der Waals surface area contributed by atoms with Gasteiger partial charge in [0, 0.05) is 32.4 Å². The summed E-state index contributed by atoms with van der Waals surface area (Å²) in [4.78, 5) is 15.0. The van der Waals surface area contributed by atoms with Crippen LogP contribution in [0.4, 0.5) is 17.1 Å². The second-order valence-electron chi connectivity index (χ2n) is 12.7. The Kier molecular flexibility index (Phi) is 10.1. The van der Waals surface area contributed by atoms with E-state index >= 15 is 0 Å². The molecule has 0 spiro atoms. The van der Waals surface area contributed by atoms with E-state index in [9.17, 15) is 4.79 Å². The van der Waals surface area contributed by atoms with Gasteiger partial charge in [0.15, 0.2) is 8.32 Å². The van der Waals surface area contributed by atoms with Gasteiger partial charge >= 0.3 is 0 Å². The normalized spacial score (nSPS) is 14.0. The lowest BCUT2D eigenvalue weighted by molar-refractivity contribution is 0.102. The number of rotatable bonds is 12. The Hall–Kier alpha value is -1.85. The van der Waals surface area contributed by atoms with E-state index in [0.717, 1.165) is 42.6 Å². The van der Waals surface area contributed by atoms with Crippen molar-refractivity contribution >= 4 is 51.0 Å². The van der Waals surface area contributed by atoms with E-state index in [4.69, 9.17) is 25.5 Å². The number of benzene rings is 2. The number of carbonyl (C=O) groups excluding carboxylic acids is 1. The highest BCUT2D eigenvalue weighted by molar-refractivity contribution is 6.76. The summed E-state index contributed by atoms with van der Waals surface area (Å²) in [6.07, 6.45) is 1.86. The number of hydrogen-bond acceptors (Lipinski definition) is 5. The summed E-state index contributed by atoms with van der Waals surface area (Å²) in [5.41, 5.74) is 2.82. The molecule has 2 aromatic carbocycles. The first-order chi connectivity index (χ1) is 17.7. The van der Waals surface area contributed by atoms with E-state index in [1.54, 1.807) is 12.1 Å². The van der Waals surface area contributed by atoms with Crippen molar-refractivity contribution in [3.63, 3.8) is 0 Å². The van der Waals surface area contributed by atoms with Crippen molar-refractivity contribution in [2.75, 3.05) is 36.8 Å². The second kappa shape index (κ2) is 12.6. The summed E-state index contributed by atoms with van der Waals surface area (Å²) in [5, 5.41) is 3.82. The molecule has 0 unspecified atom stereocenters. The van der Waals surface area contributed by atoms with E-state index in [1.807, 2.05) is 29.2 Å². The molecule has 9 heteroatoms. The van der Waals surface area contributed by atoms with Crippen LogP contribution in [0.15, 0.2) is 36.4 Å². The van der Waals surface area contributed by atoms with Crippen molar-refractivity contribution in [2.45, 2.75) is 77.4 Å². The summed E-state index contributed by atoms with van der Waals surface area (Å²) in [5.74, 6) is 0.582. The highest BCUT2D eigenvalue weighted by atomic mass is 35.5. The van der Waals surface area contributed by atoms with Crippen LogP contribution < -0.4 is 15.0 Å². The van der Waals surface area contributed by atoms with Crippen LogP contribution in [0.1, 0.15) is 44.0 Å². The predicted molar refractivity (Wildman–Crippen MR) is 165 cm³/mol. The van der Waals surface area contributed by atoms with E-state index in [0.29, 0.717) is 36.2 Å². The summed E-state index contributed by atoms with van der Waals surface area (Å²) < 4.78 is 18.5. The Labute approximate surface area is 236 Å². The summed E-state index contributed by atoms with van der Waals surface area (Å²) in [6, 6.07) is 12.2. The number of unbranched alkanes of at least 4 members (excludes halogenated alkanes) is 1. The van der Waals surface area contributed by atoms with Crippen molar-refractivity contribution in [1.29, 1.82) is 0 Å². The van der Waals surface area contributed by atoms with Crippen molar-refractivity contribution in [1.82, 2.24) is 0 Å². The number of amides is 1. The largest absolute Gasteiger partial charge is 0.494 e. The Bertz CT molecular complexity index is 1110. The van der Waals surface area contributed by atoms with Crippen molar-refractivity contribution in [3.8, 4) is 5.75 Å². The third-order valence-corrected chi connectivity index (χ3v) is 13.8. The molecule has 210 valence electrons. The average Bonchev–Trinajstić information content (AvgIpc) is 2.91. The van der Waals surface area contributed by atoms with Crippen LogP contribution >= 0.6 is 11.6 Å². The zero-order valence-electron chi connectivity index (χ0n) is 24.4. The molecule has 1 heterocycles. The lowest BCUT2D eigenvalue weighted by atomic mass is 10.1. The first-order valence-electron chi connectivity index (χ1n) is 13.5. The Morgan fingerprint density at radius 2 is 1.63 bits per heavy atom. The summed E-state index contributed by atoms with van der Waals surface area (Å²) in [6.45, 7) is 20.7. The molecular formula is C29H45ClN2O4Si2. The van der Waals surface area contributed by atoms with Crippen molar-refractivity contribution < 1.29 is 18.7 Å². The zero-order valence-corrected chi connectivity index (χ0v) is 27.1. The maximum Gasteiger partial charge on any atom is 0.257 e. The van der Waals surface area contributed by atoms with Crippen molar-refractivity contribution in [2.24, 2.45) is 0 Å². The van der Waals surface area contributed by atoms with Crippen LogP contribution in [0, 0.1) is 0 Å². The number of nitrogens with one attached hydrogen (secondary N) is 1. The lowest BCUT2D eigenvalue weighted by Crippen LogP contribution is -2.41. The van der Waals surface area contributed by atoms with Crippen LogP contribution in [0.5, 0.6) is 5.75 Å². The second-order valence-corrected chi connectivity index (χ2v) is 23.6. The van der Waals surface area contributed by atoms with Gasteiger partial charge in [0.1, 0.15) is 12.5 Å². The van der Waals surface area contributed by atoms with Crippen LogP contribution in [-0.4, -0.2) is 48.8 Å². The molecule has 0 aliphatic carbocycles. The SMILES string of the molecule is CC(C)(C)[Si](C)(C)OCCCCOc1ccc2c(c1)N(COCC[Si](C)(C)C)c1cc(Cl)ccc1C(=O)N2. The Morgan fingerprint density at radius 3 is 2.32 bits per heavy atom. The molecule has 0 atom stereocenters. The van der Waals surface area contributed by atoms with Crippen LogP contribution in [0.25, 0.3) is 0 Å². The molecule has 1 amide bonds. The molecule has 1 N–H and O–H groups in total. The van der Waals surface area contributed by atoms with Gasteiger partial charge in [-0.1, -0.05) is 52.0 Å². The third kappa shape index (κ3) is 8.32. The van der Waals surface area contributed by atoms with Gasteiger partial charge in [0.2, 0.25) is 0 Å². The first kappa shape index (κ1) is 30.7. The molecule has 0 radical (unpaired) electrons. The maximum absolute atomic E-state index is 13.0. The minimum atomic E-state index is -1.72. The van der Waals surface area contributed by atoms with Crippen LogP contribution in [-0.2, 0) is 9.16 Å². The smallest absolute Gasteiger partial charge is 0.257 e. The molecule has 38 heavy (non-hydrogen) atoms. The molecule has 0 bridgehead atoms. The fourth-order valence-electron chi connectivity index (χ4n) is 3.78. The molecule has 1 aliphatic rings. The number of nitrogens with zero attached hydrogens (tertiary/aromatic N) is 1. The number of ether oxygens (including phenoxy) is 2. The van der Waals surface area contributed by atoms with Gasteiger partial charge < -0.3 is 24.1 Å². The van der Waals surface area contributed by atoms with Gasteiger partial charge in [0.05, 0.1) is 29.2 Å². The Balaban J connectivity index is 1.71. The zero-order chi connectivity index (χ0) is 28.1. The highest BCUT2D eigenvalue weighted by Gasteiger charge is 2.36. The van der Waals surface area contributed by atoms with E-state index in [-0.39, 0.29) is 10.9 Å². The molecular weight excluding hydrogens is 532 g/mol. The molecule has 0 fully saturated rings. The topological polar surface area (TPSA) is 60.0 Å². The molecule has 0 saturated carbocycles. The fourth-order valence-corrected chi connectivity index (χ4v) is 5.79. The maximum atomic E-state index is 13.0. The van der Waals surface area contributed by atoms with Gasteiger partial charge in [-0.3, -0.25) is 4.79 Å². The van der Waals surface area contributed by atoms with Gasteiger partial charge in [0.25, 0.3) is 5.91 Å². The predicted octanol–water partition coefficient (Wildman–Crippen LogP) is 8.54. The van der Waals surface area contributed by atoms with Gasteiger partial charge in [-0.2, -0.15) is 0 Å². The number of hydrogen-bond donors (Lipinski definition) is 1. The van der Waals surface area contributed by atoms with Gasteiger partial charge in [-0.15, -0.1) is 0 Å². The highest BCUT2D eigenvalue weighted by Crippen LogP contribution is 2.41. The molecule has 0 saturated heterocycles. The quantitative estimate of drug-likeness (QED) is 0.202. The average molecular weight is 577 g/mol. The monoisotopic (exact) mass is 576 g/mol. The third-order valence-electron chi connectivity index (χ3n) is 7.30. The number of carbonyl (C=O) groups is 1. The standard InChI is InChI=1S/C29H45ClN2O4Si2/c1-29(2,3)38(7,8)36-16-10-9-15-35-23-12-14-25-27(20-23)32(21-34-17-18-37(4,5)6)26-19-22(30)11-13-24(26)28(33)31-25/h11-14,19-20H,9-10,15-18,21H2,1-8H3,(H,31,33). The lowest BCUT2D eigenvalue weighted by Gasteiger charge is -2.36. The summed E-state index contributed by atoms with van der Waals surface area (Å²) >= 11 is 6.36. The molecule has 3 rings (SSSR count). The van der Waals surface area contributed by atoms with Crippen molar-refractivity contribution in [3.05, 3.63) is 47.0 Å². The van der Waals surface area contributed by atoms with Gasteiger partial charge in [-0.25, -0.2) is 0 Å². The van der Waals surface area contributed by atoms with E-state index in [1.165, 1.54) is 0 Å². The number of anilines is 3. The minimum Gasteiger partial charge on any atom is -0.494 e. The van der Waals surface area contributed by atoms with Gasteiger partial charge in [-0.05, 0) is 67.3 Å². The minimum absolute atomic E-state index is 0.169. The van der Waals surface area contributed by atoms with Crippen LogP contribution in [0.3, 0.4) is 0 Å². The number of halogens is 1. The summed E-state index contributed by atoms with van der Waals surface area (Å²) in [7, 11) is -2.95. The Morgan fingerprint density at radius 1 is 0.921 bits per heavy atom. The fraction of sp³-hybridized carbons (Fsp3) is 0.552. The molecule has 0 aromatic heterocycles. The molecule has 2 aromatic rings. The van der Waals surface area contributed by atoms with E-state index in [2.05, 4.69) is 58.8 Å². The van der Waals surface area contributed by atoms with Crippen LogP contribution in [0.2, 0.25) is 48.8 Å².